The van der Waals surface area contributed by atoms with E-state index in [1.807, 2.05) is 12.2 Å². The SMILES string of the molecule is CC/C=C\C/C=C\C/C=C\C/C=C\C/C=C\CCCCCC(=O)OC[C@H](COP(=O)(O)OC[C@@H](O)COP(=O)(O)OC[C@@H](COC(=O)CCCCCCC/C=C\C/C=C\CCCCC)OC(=O)CCC/C=C\C/C=C\C/C=C\C/C=C\CCCCC)OC(=O)CCCCCCC/C=C\C/C=C\CCCCC. The van der Waals surface area contributed by atoms with Gasteiger partial charge in [-0.3, -0.25) is 37.3 Å². The smallest absolute Gasteiger partial charge is 0.462 e. The van der Waals surface area contributed by atoms with Gasteiger partial charge in [-0.1, -0.05) is 269 Å². The van der Waals surface area contributed by atoms with Crippen molar-refractivity contribution in [1.29, 1.82) is 0 Å². The lowest BCUT2D eigenvalue weighted by Crippen LogP contribution is -2.30. The molecule has 0 amide bonds. The van der Waals surface area contributed by atoms with Crippen LogP contribution in [0.4, 0.5) is 0 Å². The van der Waals surface area contributed by atoms with Crippen LogP contribution in [-0.2, 0) is 65.4 Å². The molecule has 0 saturated heterocycles. The molecule has 106 heavy (non-hydrogen) atoms. The molecule has 17 nitrogen and oxygen atoms in total. The molecule has 0 aliphatic rings. The molecule has 0 rings (SSSR count). The maximum atomic E-state index is 13.1. The number of aliphatic hydroxyl groups excluding tert-OH is 1. The average Bonchev–Trinajstić information content (AvgIpc) is 0.905. The van der Waals surface area contributed by atoms with Crippen LogP contribution in [0.5, 0.6) is 0 Å². The van der Waals surface area contributed by atoms with E-state index in [1.54, 1.807) is 0 Å². The molecule has 3 N–H and O–H groups in total. The highest BCUT2D eigenvalue weighted by Crippen LogP contribution is 2.45. The molecule has 0 aromatic rings. The number of phosphoric ester groups is 2. The van der Waals surface area contributed by atoms with Gasteiger partial charge < -0.3 is 33.8 Å². The Balaban J connectivity index is 5.48. The Kier molecular flexibility index (Phi) is 73.9. The summed E-state index contributed by atoms with van der Waals surface area (Å²) in [7, 11) is -10.0. The second-order valence-corrected chi connectivity index (χ2v) is 29.5. The monoisotopic (exact) mass is 1520 g/mol. The number of hydrogen-bond donors (Lipinski definition) is 3. The fourth-order valence-electron chi connectivity index (χ4n) is 10.2. The Hall–Kier alpha value is -5.32. The number of esters is 4. The van der Waals surface area contributed by atoms with Crippen LogP contribution in [0.3, 0.4) is 0 Å². The van der Waals surface area contributed by atoms with Crippen molar-refractivity contribution in [1.82, 2.24) is 0 Å². The van der Waals surface area contributed by atoms with E-state index in [9.17, 15) is 43.2 Å². The van der Waals surface area contributed by atoms with Crippen LogP contribution in [0.1, 0.15) is 310 Å². The van der Waals surface area contributed by atoms with E-state index in [1.165, 1.54) is 57.8 Å². The minimum Gasteiger partial charge on any atom is -0.462 e. The van der Waals surface area contributed by atoms with Gasteiger partial charge in [0.25, 0.3) is 0 Å². The lowest BCUT2D eigenvalue weighted by molar-refractivity contribution is -0.161. The predicted molar refractivity (Wildman–Crippen MR) is 436 cm³/mol. The topological polar surface area (TPSA) is 237 Å². The summed E-state index contributed by atoms with van der Waals surface area (Å²) in [5.74, 6) is -2.31. The molecule has 2 unspecified atom stereocenters. The molecule has 0 aliphatic heterocycles. The highest BCUT2D eigenvalue weighted by atomic mass is 31.2. The molecule has 0 bridgehead atoms. The van der Waals surface area contributed by atoms with Crippen LogP contribution in [0.25, 0.3) is 0 Å². The van der Waals surface area contributed by atoms with E-state index in [-0.39, 0.29) is 25.7 Å². The first-order valence-corrected chi connectivity index (χ1v) is 43.7. The maximum absolute atomic E-state index is 13.1. The van der Waals surface area contributed by atoms with Crippen LogP contribution < -0.4 is 0 Å². The maximum Gasteiger partial charge on any atom is 0.472 e. The largest absolute Gasteiger partial charge is 0.472 e. The van der Waals surface area contributed by atoms with Crippen molar-refractivity contribution in [3.8, 4) is 0 Å². The fourth-order valence-corrected chi connectivity index (χ4v) is 11.8. The Morgan fingerprint density at radius 2 is 0.500 bits per heavy atom. The third-order valence-corrected chi connectivity index (χ3v) is 18.3. The molecule has 0 radical (unpaired) electrons. The zero-order valence-corrected chi connectivity index (χ0v) is 67.8. The van der Waals surface area contributed by atoms with Gasteiger partial charge in [0.2, 0.25) is 0 Å². The van der Waals surface area contributed by atoms with E-state index < -0.39 is 97.5 Å². The van der Waals surface area contributed by atoms with E-state index in [2.05, 4.69) is 174 Å². The molecule has 0 saturated carbocycles. The van der Waals surface area contributed by atoms with E-state index in [0.717, 1.165) is 167 Å². The van der Waals surface area contributed by atoms with Crippen molar-refractivity contribution in [2.24, 2.45) is 0 Å². The minimum atomic E-state index is -5.00. The molecule has 604 valence electrons. The Morgan fingerprint density at radius 3 is 0.802 bits per heavy atom. The normalized spacial score (nSPS) is 14.7. The summed E-state index contributed by atoms with van der Waals surface area (Å²) in [6.45, 7) is 4.55. The summed E-state index contributed by atoms with van der Waals surface area (Å²) in [5, 5.41) is 10.7. The summed E-state index contributed by atoms with van der Waals surface area (Å²) in [4.78, 5) is 73.1. The number of ether oxygens (including phenoxy) is 4. The molecule has 0 aromatic carbocycles. The van der Waals surface area contributed by atoms with Gasteiger partial charge in [0.05, 0.1) is 26.4 Å². The number of hydrogen-bond acceptors (Lipinski definition) is 15. The van der Waals surface area contributed by atoms with Gasteiger partial charge >= 0.3 is 39.5 Å². The first-order valence-electron chi connectivity index (χ1n) is 40.7. The molecule has 0 heterocycles. The molecule has 19 heteroatoms. The Bertz CT molecular complexity index is 2630. The third kappa shape index (κ3) is 76.9. The van der Waals surface area contributed by atoms with Gasteiger partial charge in [-0.2, -0.15) is 0 Å². The van der Waals surface area contributed by atoms with E-state index in [4.69, 9.17) is 37.0 Å². The minimum absolute atomic E-state index is 0.0108. The van der Waals surface area contributed by atoms with Gasteiger partial charge in [-0.25, -0.2) is 9.13 Å². The number of unbranched alkanes of at least 4 members (excludes halogenated alkanes) is 23. The summed E-state index contributed by atoms with van der Waals surface area (Å²) in [6, 6.07) is 0. The van der Waals surface area contributed by atoms with Gasteiger partial charge in [-0.15, -0.1) is 0 Å². The molecule has 0 fully saturated rings. The zero-order valence-electron chi connectivity index (χ0n) is 66.1. The second kappa shape index (κ2) is 77.8. The molecule has 0 spiro atoms. The van der Waals surface area contributed by atoms with Gasteiger partial charge in [-0.05, 0) is 173 Å². The van der Waals surface area contributed by atoms with Crippen molar-refractivity contribution in [3.05, 3.63) is 158 Å². The number of allylic oxidation sites excluding steroid dienone is 26. The molecule has 0 aromatic heterocycles. The highest BCUT2D eigenvalue weighted by molar-refractivity contribution is 7.47. The van der Waals surface area contributed by atoms with Crippen molar-refractivity contribution in [3.63, 3.8) is 0 Å². The van der Waals surface area contributed by atoms with Crippen LogP contribution in [-0.4, -0.2) is 96.7 Å². The van der Waals surface area contributed by atoms with Crippen molar-refractivity contribution in [2.45, 2.75) is 329 Å². The van der Waals surface area contributed by atoms with E-state index in [0.29, 0.717) is 32.1 Å². The first kappa shape index (κ1) is 101. The summed E-state index contributed by atoms with van der Waals surface area (Å²) < 4.78 is 68.6. The van der Waals surface area contributed by atoms with Gasteiger partial charge in [0.15, 0.2) is 12.2 Å². The van der Waals surface area contributed by atoms with Crippen LogP contribution in [0, 0.1) is 0 Å². The number of aliphatic hydroxyl groups is 1. The zero-order chi connectivity index (χ0) is 77.4. The molecule has 5 atom stereocenters. The van der Waals surface area contributed by atoms with Crippen molar-refractivity contribution < 1.29 is 80.2 Å². The molecular formula is C87H144O17P2. The van der Waals surface area contributed by atoms with E-state index >= 15 is 0 Å². The third-order valence-electron chi connectivity index (χ3n) is 16.4. The van der Waals surface area contributed by atoms with Crippen molar-refractivity contribution in [2.75, 3.05) is 39.6 Å². The molecular weight excluding hydrogens is 1380 g/mol. The number of phosphoric acid groups is 2. The van der Waals surface area contributed by atoms with Crippen LogP contribution in [0.2, 0.25) is 0 Å². The predicted octanol–water partition coefficient (Wildman–Crippen LogP) is 24.0. The van der Waals surface area contributed by atoms with Gasteiger partial charge in [0, 0.05) is 25.7 Å². The average molecular weight is 1520 g/mol. The number of carbonyl (C=O) groups is 4. The lowest BCUT2D eigenvalue weighted by atomic mass is 10.1. The quantitative estimate of drug-likeness (QED) is 0.0169. The number of carbonyl (C=O) groups excluding carboxylic acids is 4. The standard InChI is InChI=1S/C87H144O17P2/c1-5-9-13-17-21-25-29-33-37-39-40-42-45-48-52-56-60-64-68-72-85(90)98-78-82(103-86(91)73-69-65-61-57-53-49-44-36-32-28-24-20-16-12-8-4)79-101-105(93,94)99-75-81(88)76-100-106(95,96)102-80-83(77-97-84(89)71-67-63-59-55-51-47-43-35-31-27-23-19-15-11-7-3)104-87(92)74-70-66-62-58-54-50-46-41-38-34-30-26-22-18-14-10-6-2/h9,13,21-28,33-38,40,42-44,46,48,50,52,58,62,81-83,88H,5-8,10-12,14-20,29-32,39,41,45,47,49,51,53-57,59-61,63-80H2,1-4H3,(H,93,94)(H,95,96)/b13-9-,25-21-,26-22-,27-23-,28-24-,37-33-,38-34-,42-40-,43-35-,44-36-,50-46-,52-48-,62-58-/t81-,82-,83-/m1/s1. The lowest BCUT2D eigenvalue weighted by Gasteiger charge is -2.21. The van der Waals surface area contributed by atoms with Crippen LogP contribution in [0.15, 0.2) is 158 Å². The van der Waals surface area contributed by atoms with Crippen LogP contribution >= 0.6 is 15.6 Å². The number of rotatable bonds is 75. The Morgan fingerprint density at radius 1 is 0.274 bits per heavy atom. The molecule has 0 aliphatic carbocycles. The Labute approximate surface area is 642 Å². The fraction of sp³-hybridized carbons (Fsp3) is 0.655. The summed E-state index contributed by atoms with van der Waals surface area (Å²) in [6.07, 6.45) is 90.8. The summed E-state index contributed by atoms with van der Waals surface area (Å²) in [5.41, 5.74) is 0. The second-order valence-electron chi connectivity index (χ2n) is 26.6. The van der Waals surface area contributed by atoms with Crippen molar-refractivity contribution >= 4 is 39.5 Å². The highest BCUT2D eigenvalue weighted by Gasteiger charge is 2.30. The van der Waals surface area contributed by atoms with Gasteiger partial charge in [0.1, 0.15) is 19.3 Å². The first-order chi connectivity index (χ1) is 51.7. The summed E-state index contributed by atoms with van der Waals surface area (Å²) >= 11 is 0.